The lowest BCUT2D eigenvalue weighted by Gasteiger charge is -2.35. The third-order valence-corrected chi connectivity index (χ3v) is 5.99. The van der Waals surface area contributed by atoms with Gasteiger partial charge in [0.2, 0.25) is 17.6 Å². The van der Waals surface area contributed by atoms with Crippen LogP contribution in [0.2, 0.25) is 5.02 Å². The normalized spacial score (nSPS) is 15.3. The van der Waals surface area contributed by atoms with Gasteiger partial charge in [0.1, 0.15) is 6.04 Å². The highest BCUT2D eigenvalue weighted by Gasteiger charge is 2.27. The Morgan fingerprint density at radius 2 is 1.79 bits per heavy atom. The summed E-state index contributed by atoms with van der Waals surface area (Å²) in [5.74, 6) is 0.642. The van der Waals surface area contributed by atoms with Gasteiger partial charge in [0.15, 0.2) is 0 Å². The maximum atomic E-state index is 12.8. The molecule has 2 amide bonds. The molecule has 172 valence electrons. The Kier molecular flexibility index (Phi) is 7.05. The number of aromatic nitrogens is 2. The second-order valence-electron chi connectivity index (χ2n) is 8.15. The first-order valence-corrected chi connectivity index (χ1v) is 11.2. The smallest absolute Gasteiger partial charge is 0.253 e. The van der Waals surface area contributed by atoms with Crippen molar-refractivity contribution in [2.75, 3.05) is 26.2 Å². The van der Waals surface area contributed by atoms with E-state index in [0.717, 1.165) is 5.56 Å². The number of halogens is 1. The third-order valence-electron chi connectivity index (χ3n) is 5.66. The van der Waals surface area contributed by atoms with Crippen molar-refractivity contribution < 1.29 is 14.1 Å². The van der Waals surface area contributed by atoms with E-state index in [1.54, 1.807) is 36.1 Å². The lowest BCUT2D eigenvalue weighted by atomic mass is 10.1. The molecule has 0 bridgehead atoms. The Hall–Kier alpha value is -3.23. The van der Waals surface area contributed by atoms with Crippen molar-refractivity contribution in [1.82, 2.24) is 25.3 Å². The molecule has 1 unspecified atom stereocenters. The number of carbonyl (C=O) groups excluding carboxylic acids is 2. The van der Waals surface area contributed by atoms with Crippen LogP contribution in [-0.4, -0.2) is 64.0 Å². The first kappa shape index (κ1) is 22.9. The molecule has 1 saturated heterocycles. The van der Waals surface area contributed by atoms with Crippen LogP contribution in [-0.2, 0) is 11.3 Å². The van der Waals surface area contributed by atoms with Crippen LogP contribution in [0.3, 0.4) is 0 Å². The zero-order valence-corrected chi connectivity index (χ0v) is 19.4. The van der Waals surface area contributed by atoms with Crippen LogP contribution in [0, 0.1) is 6.92 Å². The average molecular weight is 468 g/mol. The van der Waals surface area contributed by atoms with Crippen molar-refractivity contribution in [2.45, 2.75) is 26.4 Å². The van der Waals surface area contributed by atoms with E-state index in [1.807, 2.05) is 31.2 Å². The third kappa shape index (κ3) is 5.58. The van der Waals surface area contributed by atoms with Gasteiger partial charge < -0.3 is 14.7 Å². The number of benzene rings is 2. The van der Waals surface area contributed by atoms with Crippen molar-refractivity contribution in [2.24, 2.45) is 0 Å². The zero-order chi connectivity index (χ0) is 23.4. The van der Waals surface area contributed by atoms with Crippen LogP contribution < -0.4 is 5.32 Å². The summed E-state index contributed by atoms with van der Waals surface area (Å²) in [7, 11) is 0. The lowest BCUT2D eigenvalue weighted by Crippen LogP contribution is -2.53. The van der Waals surface area contributed by atoms with Gasteiger partial charge in [-0.05, 0) is 26.0 Å². The second kappa shape index (κ2) is 10.1. The fourth-order valence-corrected chi connectivity index (χ4v) is 3.93. The molecule has 1 aromatic heterocycles. The minimum absolute atomic E-state index is 0.116. The molecular weight excluding hydrogens is 442 g/mol. The molecule has 3 aromatic rings. The molecule has 1 aliphatic heterocycles. The largest absolute Gasteiger partial charge is 0.340 e. The molecular formula is C24H26ClN5O3. The minimum atomic E-state index is -0.645. The van der Waals surface area contributed by atoms with E-state index in [2.05, 4.69) is 20.4 Å². The Bertz CT molecular complexity index is 1120. The molecule has 2 heterocycles. The lowest BCUT2D eigenvalue weighted by molar-refractivity contribution is -0.134. The van der Waals surface area contributed by atoms with Gasteiger partial charge >= 0.3 is 0 Å². The number of amides is 2. The molecule has 1 atom stereocenters. The van der Waals surface area contributed by atoms with Crippen molar-refractivity contribution in [3.63, 3.8) is 0 Å². The van der Waals surface area contributed by atoms with E-state index in [0.29, 0.717) is 55.0 Å². The van der Waals surface area contributed by atoms with Crippen molar-refractivity contribution in [3.05, 3.63) is 70.6 Å². The van der Waals surface area contributed by atoms with Crippen LogP contribution >= 0.6 is 11.6 Å². The van der Waals surface area contributed by atoms with E-state index in [1.165, 1.54) is 5.56 Å². The summed E-state index contributed by atoms with van der Waals surface area (Å²) in [6.07, 6.45) is 0. The van der Waals surface area contributed by atoms with Crippen molar-refractivity contribution in [1.29, 1.82) is 0 Å². The van der Waals surface area contributed by atoms with Gasteiger partial charge in [-0.15, -0.1) is 0 Å². The molecule has 0 spiro atoms. The maximum Gasteiger partial charge on any atom is 0.253 e. The fourth-order valence-electron chi connectivity index (χ4n) is 3.71. The van der Waals surface area contributed by atoms with Gasteiger partial charge in [-0.3, -0.25) is 14.5 Å². The predicted octanol–water partition coefficient (Wildman–Crippen LogP) is 3.16. The number of piperazine rings is 1. The van der Waals surface area contributed by atoms with Gasteiger partial charge in [-0.25, -0.2) is 0 Å². The fraction of sp³-hybridized carbons (Fsp3) is 0.333. The molecule has 1 aliphatic rings. The minimum Gasteiger partial charge on any atom is -0.340 e. The first-order chi connectivity index (χ1) is 15.9. The predicted molar refractivity (Wildman–Crippen MR) is 125 cm³/mol. The quantitative estimate of drug-likeness (QED) is 0.598. The van der Waals surface area contributed by atoms with Gasteiger partial charge in [0.05, 0.1) is 17.1 Å². The van der Waals surface area contributed by atoms with Gasteiger partial charge in [0, 0.05) is 31.7 Å². The number of nitrogens with one attached hydrogen (secondary N) is 1. The zero-order valence-electron chi connectivity index (χ0n) is 18.6. The summed E-state index contributed by atoms with van der Waals surface area (Å²) in [5.41, 5.74) is 2.44. The molecule has 0 saturated carbocycles. The molecule has 8 nitrogen and oxygen atoms in total. The van der Waals surface area contributed by atoms with Gasteiger partial charge in [-0.2, -0.15) is 4.98 Å². The summed E-state index contributed by atoms with van der Waals surface area (Å²) in [5, 5.41) is 7.18. The summed E-state index contributed by atoms with van der Waals surface area (Å²) < 4.78 is 5.42. The van der Waals surface area contributed by atoms with E-state index in [4.69, 9.17) is 16.1 Å². The molecule has 1 N–H and O–H groups in total. The Balaban J connectivity index is 1.27. The van der Waals surface area contributed by atoms with Gasteiger partial charge in [-0.1, -0.05) is 58.7 Å². The van der Waals surface area contributed by atoms with Crippen molar-refractivity contribution in [3.8, 4) is 11.4 Å². The van der Waals surface area contributed by atoms with E-state index < -0.39 is 6.04 Å². The molecule has 0 radical (unpaired) electrons. The first-order valence-electron chi connectivity index (χ1n) is 10.9. The number of rotatable bonds is 6. The topological polar surface area (TPSA) is 91.6 Å². The summed E-state index contributed by atoms with van der Waals surface area (Å²) in [6, 6.07) is 14.1. The monoisotopic (exact) mass is 467 g/mol. The molecule has 33 heavy (non-hydrogen) atoms. The molecule has 1 fully saturated rings. The molecule has 9 heteroatoms. The summed E-state index contributed by atoms with van der Waals surface area (Å²) >= 11 is 6.08. The highest BCUT2D eigenvalue weighted by molar-refractivity contribution is 6.33. The molecule has 2 aromatic carbocycles. The Morgan fingerprint density at radius 1 is 1.09 bits per heavy atom. The van der Waals surface area contributed by atoms with E-state index >= 15 is 0 Å². The Morgan fingerprint density at radius 3 is 2.48 bits per heavy atom. The SMILES string of the molecule is Cc1ccc(-c2noc(CN3CCN(C(=O)C(C)NC(=O)c4ccccc4Cl)CC3)n2)cc1. The number of aryl methyl sites for hydroxylation is 1. The summed E-state index contributed by atoms with van der Waals surface area (Å²) in [6.45, 7) is 6.73. The van der Waals surface area contributed by atoms with Crippen LogP contribution in [0.15, 0.2) is 53.1 Å². The maximum absolute atomic E-state index is 12.8. The Labute approximate surface area is 197 Å². The molecule has 4 rings (SSSR count). The molecule has 0 aliphatic carbocycles. The number of hydrogen-bond donors (Lipinski definition) is 1. The highest BCUT2D eigenvalue weighted by Crippen LogP contribution is 2.18. The van der Waals surface area contributed by atoms with Crippen LogP contribution in [0.5, 0.6) is 0 Å². The highest BCUT2D eigenvalue weighted by atomic mass is 35.5. The van der Waals surface area contributed by atoms with Crippen molar-refractivity contribution >= 4 is 23.4 Å². The van der Waals surface area contributed by atoms with Crippen LogP contribution in [0.4, 0.5) is 0 Å². The standard InChI is InChI=1S/C24H26ClN5O3/c1-16-7-9-18(10-8-16)22-27-21(33-28-22)15-29-11-13-30(14-12-29)24(32)17(2)26-23(31)19-5-3-4-6-20(19)25/h3-10,17H,11-15H2,1-2H3,(H,26,31). The summed E-state index contributed by atoms with van der Waals surface area (Å²) in [4.78, 5) is 33.7. The van der Waals surface area contributed by atoms with Crippen LogP contribution in [0.25, 0.3) is 11.4 Å². The second-order valence-corrected chi connectivity index (χ2v) is 8.56. The average Bonchev–Trinajstić information content (AvgIpc) is 3.28. The number of nitrogens with zero attached hydrogens (tertiary/aromatic N) is 4. The van der Waals surface area contributed by atoms with E-state index in [-0.39, 0.29) is 11.8 Å². The van der Waals surface area contributed by atoms with Crippen LogP contribution in [0.1, 0.15) is 28.7 Å². The number of carbonyl (C=O) groups is 2. The van der Waals surface area contributed by atoms with E-state index in [9.17, 15) is 9.59 Å². The number of hydrogen-bond acceptors (Lipinski definition) is 6. The van der Waals surface area contributed by atoms with Gasteiger partial charge in [0.25, 0.3) is 5.91 Å².